The van der Waals surface area contributed by atoms with Gasteiger partial charge in [0.1, 0.15) is 11.4 Å². The molecule has 0 aliphatic carbocycles. The molecule has 0 radical (unpaired) electrons. The van der Waals surface area contributed by atoms with Gasteiger partial charge in [-0.1, -0.05) is 12.1 Å². The molecule has 1 N–H and O–H groups in total. The summed E-state index contributed by atoms with van der Waals surface area (Å²) in [5.74, 6) is 0.721. The second-order valence-electron chi connectivity index (χ2n) is 5.98. The number of aliphatic hydroxyl groups excluding tert-OH is 1. The van der Waals surface area contributed by atoms with Crippen LogP contribution in [0.25, 0.3) is 5.70 Å². The molecule has 0 spiro atoms. The number of hydrogen-bond acceptors (Lipinski definition) is 3. The van der Waals surface area contributed by atoms with Crippen LogP contribution in [-0.4, -0.2) is 15.3 Å². The fraction of sp³-hybridized carbons (Fsp3) is 0.278. The molecule has 0 unspecified atom stereocenters. The van der Waals surface area contributed by atoms with E-state index >= 15 is 0 Å². The lowest BCUT2D eigenvalue weighted by Gasteiger charge is -2.36. The van der Waals surface area contributed by atoms with E-state index in [0.717, 1.165) is 28.1 Å². The average molecular weight is 297 g/mol. The highest BCUT2D eigenvalue weighted by Gasteiger charge is 2.33. The first-order chi connectivity index (χ1) is 10.4. The second-order valence-corrected chi connectivity index (χ2v) is 5.98. The molecule has 1 aliphatic rings. The van der Waals surface area contributed by atoms with Crippen LogP contribution in [0.15, 0.2) is 53.0 Å². The molecule has 0 atom stereocenters. The molecule has 4 heteroatoms. The number of hydrogen-bond donors (Lipinski definition) is 1. The zero-order valence-electron chi connectivity index (χ0n) is 13.0. The van der Waals surface area contributed by atoms with E-state index in [1.807, 2.05) is 45.0 Å². The largest absolute Gasteiger partial charge is 0.483 e. The second kappa shape index (κ2) is 5.14. The highest BCUT2D eigenvalue weighted by Crippen LogP contribution is 2.41. The first kappa shape index (κ1) is 14.6. The molecule has 0 saturated carbocycles. The van der Waals surface area contributed by atoms with Crippen LogP contribution >= 0.6 is 0 Å². The van der Waals surface area contributed by atoms with Crippen LogP contribution in [-0.2, 0) is 6.61 Å². The summed E-state index contributed by atoms with van der Waals surface area (Å²) in [6.45, 7) is 5.90. The number of rotatable bonds is 2. The van der Waals surface area contributed by atoms with Crippen LogP contribution in [0, 0.1) is 0 Å². The van der Waals surface area contributed by atoms with Crippen molar-refractivity contribution in [1.29, 1.82) is 0 Å². The zero-order valence-corrected chi connectivity index (χ0v) is 13.0. The van der Waals surface area contributed by atoms with Crippen molar-refractivity contribution in [2.45, 2.75) is 33.0 Å². The molecule has 2 heterocycles. The minimum Gasteiger partial charge on any atom is -0.483 e. The lowest BCUT2D eigenvalue weighted by molar-refractivity contribution is 0.143. The van der Waals surface area contributed by atoms with Crippen molar-refractivity contribution < 1.29 is 9.84 Å². The van der Waals surface area contributed by atoms with Crippen LogP contribution in [0.3, 0.4) is 0 Å². The molecule has 1 aromatic carbocycles. The molecule has 0 fully saturated rings. The Morgan fingerprint density at radius 3 is 2.68 bits per heavy atom. The number of aliphatic hydroxyl groups is 1. The highest BCUT2D eigenvalue weighted by atomic mass is 16.5. The molecule has 0 bridgehead atoms. The summed E-state index contributed by atoms with van der Waals surface area (Å²) < 4.78 is 7.71. The first-order valence-electron chi connectivity index (χ1n) is 7.26. The van der Waals surface area contributed by atoms with Gasteiger partial charge in [-0.15, -0.1) is 0 Å². The molecular weight excluding hydrogens is 278 g/mol. The Morgan fingerprint density at radius 2 is 2.00 bits per heavy atom. The van der Waals surface area contributed by atoms with Crippen molar-refractivity contribution in [3.8, 4) is 5.75 Å². The maximum atomic E-state index is 12.3. The van der Waals surface area contributed by atoms with E-state index < -0.39 is 5.60 Å². The van der Waals surface area contributed by atoms with Crippen LogP contribution < -0.4 is 10.3 Å². The molecule has 22 heavy (non-hydrogen) atoms. The number of ether oxygens (including phenoxy) is 1. The maximum Gasteiger partial charge on any atom is 0.255 e. The van der Waals surface area contributed by atoms with Crippen LogP contribution in [0.1, 0.15) is 31.9 Å². The molecular formula is C18H19NO3. The summed E-state index contributed by atoms with van der Waals surface area (Å²) in [5, 5.41) is 9.39. The number of aromatic nitrogens is 1. The SMILES string of the molecule is CC1=C(n2ccccc2=O)c2cc(CO)ccc2OC1(C)C. The smallest absolute Gasteiger partial charge is 0.255 e. The fourth-order valence-electron chi connectivity index (χ4n) is 2.71. The van der Waals surface area contributed by atoms with E-state index in [4.69, 9.17) is 4.74 Å². The molecule has 2 aromatic rings. The maximum absolute atomic E-state index is 12.3. The predicted octanol–water partition coefficient (Wildman–Crippen LogP) is 2.79. The third-order valence-corrected chi connectivity index (χ3v) is 4.17. The Balaban J connectivity index is 2.34. The molecule has 1 aliphatic heterocycles. The van der Waals surface area contributed by atoms with Gasteiger partial charge >= 0.3 is 0 Å². The van der Waals surface area contributed by atoms with E-state index in [0.29, 0.717) is 0 Å². The average Bonchev–Trinajstić information content (AvgIpc) is 2.49. The van der Waals surface area contributed by atoms with E-state index in [2.05, 4.69) is 0 Å². The standard InChI is InChI=1S/C18H19NO3/c1-12-17(19-9-5-4-6-16(19)21)14-10-13(11-20)7-8-15(14)22-18(12,2)3/h4-10,20H,11H2,1-3H3. The molecule has 114 valence electrons. The van der Waals surface area contributed by atoms with Gasteiger partial charge < -0.3 is 9.84 Å². The number of fused-ring (bicyclic) bond motifs is 1. The van der Waals surface area contributed by atoms with Crippen molar-refractivity contribution in [3.05, 3.63) is 69.6 Å². The minimum atomic E-state index is -0.502. The number of benzene rings is 1. The van der Waals surface area contributed by atoms with Crippen LogP contribution in [0.2, 0.25) is 0 Å². The normalized spacial score (nSPS) is 16.2. The monoisotopic (exact) mass is 297 g/mol. The molecule has 0 amide bonds. The third kappa shape index (κ3) is 2.25. The van der Waals surface area contributed by atoms with Gasteiger partial charge in [-0.05, 0) is 50.1 Å². The van der Waals surface area contributed by atoms with Crippen molar-refractivity contribution in [3.63, 3.8) is 0 Å². The van der Waals surface area contributed by atoms with Crippen molar-refractivity contribution >= 4 is 5.70 Å². The minimum absolute atomic E-state index is 0.0489. The Labute approximate surface area is 129 Å². The fourth-order valence-corrected chi connectivity index (χ4v) is 2.71. The molecule has 1 aromatic heterocycles. The lowest BCUT2D eigenvalue weighted by atomic mass is 9.90. The van der Waals surface area contributed by atoms with Gasteiger partial charge in [0.05, 0.1) is 12.3 Å². The highest BCUT2D eigenvalue weighted by molar-refractivity contribution is 5.76. The van der Waals surface area contributed by atoms with Gasteiger partial charge in [0, 0.05) is 17.8 Å². The third-order valence-electron chi connectivity index (χ3n) is 4.17. The Hall–Kier alpha value is -2.33. The van der Waals surface area contributed by atoms with E-state index in [9.17, 15) is 9.90 Å². The van der Waals surface area contributed by atoms with E-state index in [1.54, 1.807) is 16.8 Å². The Bertz CT molecular complexity index is 815. The Kier molecular flexibility index (Phi) is 3.41. The van der Waals surface area contributed by atoms with Crippen LogP contribution in [0.5, 0.6) is 5.75 Å². The van der Waals surface area contributed by atoms with Gasteiger partial charge in [-0.3, -0.25) is 9.36 Å². The Morgan fingerprint density at radius 1 is 1.23 bits per heavy atom. The summed E-state index contributed by atoms with van der Waals surface area (Å²) in [7, 11) is 0. The van der Waals surface area contributed by atoms with Gasteiger partial charge in [-0.2, -0.15) is 0 Å². The van der Waals surface area contributed by atoms with E-state index in [1.165, 1.54) is 6.07 Å². The van der Waals surface area contributed by atoms with Gasteiger partial charge in [-0.25, -0.2) is 0 Å². The summed E-state index contributed by atoms with van der Waals surface area (Å²) in [4.78, 5) is 12.3. The van der Waals surface area contributed by atoms with Crippen LogP contribution in [0.4, 0.5) is 0 Å². The van der Waals surface area contributed by atoms with Gasteiger partial charge in [0.25, 0.3) is 5.56 Å². The summed E-state index contributed by atoms with van der Waals surface area (Å²) in [5.41, 5.74) is 2.83. The first-order valence-corrected chi connectivity index (χ1v) is 7.26. The van der Waals surface area contributed by atoms with Crippen molar-refractivity contribution in [2.75, 3.05) is 0 Å². The van der Waals surface area contributed by atoms with Crippen molar-refractivity contribution in [1.82, 2.24) is 4.57 Å². The zero-order chi connectivity index (χ0) is 15.9. The summed E-state index contributed by atoms with van der Waals surface area (Å²) >= 11 is 0. The summed E-state index contributed by atoms with van der Waals surface area (Å²) in [6, 6.07) is 10.7. The molecule has 3 rings (SSSR count). The molecule has 0 saturated heterocycles. The van der Waals surface area contributed by atoms with Crippen molar-refractivity contribution in [2.24, 2.45) is 0 Å². The number of nitrogens with zero attached hydrogens (tertiary/aromatic N) is 1. The quantitative estimate of drug-likeness (QED) is 0.927. The topological polar surface area (TPSA) is 51.5 Å². The predicted molar refractivity (Wildman–Crippen MR) is 85.8 cm³/mol. The lowest BCUT2D eigenvalue weighted by Crippen LogP contribution is -2.36. The van der Waals surface area contributed by atoms with Gasteiger partial charge in [0.15, 0.2) is 0 Å². The van der Waals surface area contributed by atoms with Gasteiger partial charge in [0.2, 0.25) is 0 Å². The molecule has 4 nitrogen and oxygen atoms in total. The number of pyridine rings is 1. The summed E-state index contributed by atoms with van der Waals surface area (Å²) in [6.07, 6.45) is 1.76. The van der Waals surface area contributed by atoms with E-state index in [-0.39, 0.29) is 12.2 Å².